The van der Waals surface area contributed by atoms with Gasteiger partial charge in [-0.05, 0) is 30.5 Å². The van der Waals surface area contributed by atoms with Gasteiger partial charge in [0.2, 0.25) is 0 Å². The molecule has 2 fully saturated rings. The first-order chi connectivity index (χ1) is 10.2. The maximum atomic E-state index is 13.1. The van der Waals surface area contributed by atoms with E-state index < -0.39 is 6.10 Å². The van der Waals surface area contributed by atoms with Crippen molar-refractivity contribution in [1.29, 1.82) is 0 Å². The topological polar surface area (TPSA) is 50.4 Å². The lowest BCUT2D eigenvalue weighted by atomic mass is 9.87. The predicted octanol–water partition coefficient (Wildman–Crippen LogP) is 2.12. The second-order valence-electron chi connectivity index (χ2n) is 5.85. The molecule has 4 nitrogen and oxygen atoms in total. The second-order valence-corrected chi connectivity index (χ2v) is 5.85. The SMILES string of the molecule is Cl.O=C(NC1(c2ccc(F)cc2)CCCC1)C1CNCCO1. The van der Waals surface area contributed by atoms with Gasteiger partial charge in [-0.15, -0.1) is 12.4 Å². The van der Waals surface area contributed by atoms with E-state index in [-0.39, 0.29) is 29.7 Å². The summed E-state index contributed by atoms with van der Waals surface area (Å²) in [7, 11) is 0. The molecule has 0 radical (unpaired) electrons. The Morgan fingerprint density at radius 1 is 1.27 bits per heavy atom. The largest absolute Gasteiger partial charge is 0.366 e. The number of rotatable bonds is 3. The van der Waals surface area contributed by atoms with Crippen LogP contribution in [0.25, 0.3) is 0 Å². The number of amides is 1. The first-order valence-corrected chi connectivity index (χ1v) is 7.60. The van der Waals surface area contributed by atoms with Crippen molar-refractivity contribution in [3.63, 3.8) is 0 Å². The molecule has 2 aliphatic rings. The van der Waals surface area contributed by atoms with Crippen LogP contribution in [-0.4, -0.2) is 31.7 Å². The Morgan fingerprint density at radius 2 is 1.95 bits per heavy atom. The van der Waals surface area contributed by atoms with Gasteiger partial charge in [0, 0.05) is 13.1 Å². The fraction of sp³-hybridized carbons (Fsp3) is 0.562. The highest BCUT2D eigenvalue weighted by Gasteiger charge is 2.38. The molecule has 1 aromatic rings. The molecular weight excluding hydrogens is 307 g/mol. The van der Waals surface area contributed by atoms with Gasteiger partial charge in [-0.2, -0.15) is 0 Å². The van der Waals surface area contributed by atoms with Gasteiger partial charge in [0.05, 0.1) is 12.1 Å². The van der Waals surface area contributed by atoms with E-state index in [0.717, 1.165) is 37.8 Å². The Hall–Kier alpha value is -1.17. The van der Waals surface area contributed by atoms with Crippen LogP contribution in [0, 0.1) is 5.82 Å². The molecule has 122 valence electrons. The van der Waals surface area contributed by atoms with E-state index in [4.69, 9.17) is 4.74 Å². The molecule has 1 aromatic carbocycles. The molecule has 1 saturated carbocycles. The molecule has 1 heterocycles. The molecule has 0 spiro atoms. The standard InChI is InChI=1S/C16H21FN2O2.ClH/c17-13-5-3-12(4-6-13)16(7-1-2-8-16)19-15(20)14-11-18-9-10-21-14;/h3-6,14,18H,1-2,7-11H2,(H,19,20);1H. The van der Waals surface area contributed by atoms with Crippen molar-refractivity contribution in [3.05, 3.63) is 35.6 Å². The summed E-state index contributed by atoms with van der Waals surface area (Å²) in [5, 5.41) is 6.34. The van der Waals surface area contributed by atoms with Crippen molar-refractivity contribution < 1.29 is 13.9 Å². The van der Waals surface area contributed by atoms with Gasteiger partial charge in [-0.25, -0.2) is 4.39 Å². The number of carbonyl (C=O) groups is 1. The van der Waals surface area contributed by atoms with Crippen LogP contribution in [0.2, 0.25) is 0 Å². The van der Waals surface area contributed by atoms with Crippen LogP contribution in [0.4, 0.5) is 4.39 Å². The summed E-state index contributed by atoms with van der Waals surface area (Å²) in [5.74, 6) is -0.327. The normalized spacial score (nSPS) is 23.6. The van der Waals surface area contributed by atoms with Crippen molar-refractivity contribution in [1.82, 2.24) is 10.6 Å². The summed E-state index contributed by atoms with van der Waals surface area (Å²) < 4.78 is 18.7. The molecule has 1 atom stereocenters. The van der Waals surface area contributed by atoms with Crippen molar-refractivity contribution >= 4 is 18.3 Å². The van der Waals surface area contributed by atoms with E-state index in [0.29, 0.717) is 13.2 Å². The van der Waals surface area contributed by atoms with Gasteiger partial charge in [0.25, 0.3) is 5.91 Å². The number of hydrogen-bond donors (Lipinski definition) is 2. The number of halogens is 2. The zero-order valence-electron chi connectivity index (χ0n) is 12.4. The lowest BCUT2D eigenvalue weighted by molar-refractivity contribution is -0.136. The summed E-state index contributed by atoms with van der Waals surface area (Å²) >= 11 is 0. The second kappa shape index (κ2) is 7.40. The van der Waals surface area contributed by atoms with E-state index in [1.54, 1.807) is 12.1 Å². The summed E-state index contributed by atoms with van der Waals surface area (Å²) in [6.07, 6.45) is 3.49. The third kappa shape index (κ3) is 3.59. The molecule has 1 saturated heterocycles. The fourth-order valence-corrected chi connectivity index (χ4v) is 3.28. The molecule has 1 unspecified atom stereocenters. The summed E-state index contributed by atoms with van der Waals surface area (Å²) in [5.41, 5.74) is 0.615. The van der Waals surface area contributed by atoms with Crippen molar-refractivity contribution in [2.24, 2.45) is 0 Å². The average Bonchev–Trinajstić information content (AvgIpc) is 2.98. The number of hydrogen-bond acceptors (Lipinski definition) is 3. The Morgan fingerprint density at radius 3 is 2.55 bits per heavy atom. The van der Waals surface area contributed by atoms with E-state index in [9.17, 15) is 9.18 Å². The molecule has 22 heavy (non-hydrogen) atoms. The zero-order chi connectivity index (χ0) is 14.7. The van der Waals surface area contributed by atoms with Crippen LogP contribution in [0.3, 0.4) is 0 Å². The van der Waals surface area contributed by atoms with Crippen molar-refractivity contribution in [3.8, 4) is 0 Å². The molecule has 6 heteroatoms. The minimum Gasteiger partial charge on any atom is -0.366 e. The summed E-state index contributed by atoms with van der Waals surface area (Å²) in [4.78, 5) is 12.4. The molecule has 3 rings (SSSR count). The maximum absolute atomic E-state index is 13.1. The zero-order valence-corrected chi connectivity index (χ0v) is 13.3. The van der Waals surface area contributed by atoms with Crippen molar-refractivity contribution in [2.75, 3.05) is 19.7 Å². The van der Waals surface area contributed by atoms with E-state index in [1.807, 2.05) is 0 Å². The molecule has 2 N–H and O–H groups in total. The van der Waals surface area contributed by atoms with Gasteiger partial charge in [-0.3, -0.25) is 4.79 Å². The minimum atomic E-state index is -0.434. The van der Waals surface area contributed by atoms with E-state index in [1.165, 1.54) is 12.1 Å². The fourth-order valence-electron chi connectivity index (χ4n) is 3.28. The first kappa shape index (κ1) is 17.2. The number of carbonyl (C=O) groups excluding carboxylic acids is 1. The van der Waals surface area contributed by atoms with Gasteiger partial charge < -0.3 is 15.4 Å². The van der Waals surface area contributed by atoms with Gasteiger partial charge in [0.15, 0.2) is 0 Å². The van der Waals surface area contributed by atoms with E-state index in [2.05, 4.69) is 10.6 Å². The Labute approximate surface area is 136 Å². The Bertz CT molecular complexity index is 497. The Kier molecular flexibility index (Phi) is 5.78. The maximum Gasteiger partial charge on any atom is 0.251 e. The van der Waals surface area contributed by atoms with Crippen LogP contribution in [0.1, 0.15) is 31.2 Å². The van der Waals surface area contributed by atoms with Crippen LogP contribution >= 0.6 is 12.4 Å². The highest BCUT2D eigenvalue weighted by atomic mass is 35.5. The van der Waals surface area contributed by atoms with Crippen LogP contribution < -0.4 is 10.6 Å². The minimum absolute atomic E-state index is 0. The van der Waals surface area contributed by atoms with Gasteiger partial charge in [-0.1, -0.05) is 25.0 Å². The number of nitrogens with one attached hydrogen (secondary N) is 2. The molecule has 1 amide bonds. The number of ether oxygens (including phenoxy) is 1. The van der Waals surface area contributed by atoms with Crippen LogP contribution in [0.5, 0.6) is 0 Å². The van der Waals surface area contributed by atoms with Crippen molar-refractivity contribution in [2.45, 2.75) is 37.3 Å². The first-order valence-electron chi connectivity index (χ1n) is 7.60. The molecule has 1 aliphatic carbocycles. The smallest absolute Gasteiger partial charge is 0.251 e. The van der Waals surface area contributed by atoms with Crippen LogP contribution in [-0.2, 0) is 15.1 Å². The van der Waals surface area contributed by atoms with Crippen LogP contribution in [0.15, 0.2) is 24.3 Å². The Balaban J connectivity index is 0.00000176. The highest BCUT2D eigenvalue weighted by Crippen LogP contribution is 2.38. The molecule has 0 aromatic heterocycles. The third-order valence-electron chi connectivity index (χ3n) is 4.44. The average molecular weight is 329 g/mol. The highest BCUT2D eigenvalue weighted by molar-refractivity contribution is 5.85. The van der Waals surface area contributed by atoms with Gasteiger partial charge in [0.1, 0.15) is 11.9 Å². The number of morpholine rings is 1. The summed E-state index contributed by atoms with van der Waals surface area (Å²) in [6.45, 7) is 1.89. The predicted molar refractivity (Wildman–Crippen MR) is 84.5 cm³/mol. The third-order valence-corrected chi connectivity index (χ3v) is 4.44. The van der Waals surface area contributed by atoms with Gasteiger partial charge >= 0.3 is 0 Å². The molecule has 1 aliphatic heterocycles. The molecule has 0 bridgehead atoms. The summed E-state index contributed by atoms with van der Waals surface area (Å²) in [6, 6.07) is 6.47. The van der Waals surface area contributed by atoms with E-state index >= 15 is 0 Å². The lowest BCUT2D eigenvalue weighted by Crippen LogP contribution is -2.53. The number of benzene rings is 1. The monoisotopic (exact) mass is 328 g/mol. The lowest BCUT2D eigenvalue weighted by Gasteiger charge is -2.33. The molecular formula is C16H22ClFN2O2. The quantitative estimate of drug-likeness (QED) is 0.893.